The van der Waals surface area contributed by atoms with E-state index < -0.39 is 10.1 Å². The molecule has 0 unspecified atom stereocenters. The fourth-order valence-corrected chi connectivity index (χ4v) is 4.79. The summed E-state index contributed by atoms with van der Waals surface area (Å²) < 4.78 is 31.4. The molecule has 0 radical (unpaired) electrons. The summed E-state index contributed by atoms with van der Waals surface area (Å²) in [6.45, 7) is 1.43. The fourth-order valence-electron chi connectivity index (χ4n) is 3.48. The average molecular weight is 471 g/mol. The molecule has 0 saturated carbocycles. The van der Waals surface area contributed by atoms with Crippen LogP contribution in [0.15, 0.2) is 88.7 Å². The third-order valence-corrected chi connectivity index (χ3v) is 6.91. The summed E-state index contributed by atoms with van der Waals surface area (Å²) in [7, 11) is 0.185. The Morgan fingerprint density at radius 2 is 1.38 bits per heavy atom. The van der Waals surface area contributed by atoms with Crippen molar-refractivity contribution in [3.8, 4) is 0 Å². The fraction of sp³-hybridized carbons (Fsp3) is 0.240. The molecule has 5 nitrogen and oxygen atoms in total. The second kappa shape index (κ2) is 10.4. The third kappa shape index (κ3) is 7.60. The molecule has 0 aliphatic rings. The molecule has 1 N–H and O–H groups in total. The summed E-state index contributed by atoms with van der Waals surface area (Å²) in [5, 5.41) is 0. The van der Waals surface area contributed by atoms with Crippen molar-refractivity contribution in [3.05, 3.63) is 95.6 Å². The lowest BCUT2D eigenvalue weighted by atomic mass is 10.0. The van der Waals surface area contributed by atoms with Gasteiger partial charge in [0.1, 0.15) is 6.54 Å². The van der Waals surface area contributed by atoms with Crippen LogP contribution in [0.5, 0.6) is 0 Å². The van der Waals surface area contributed by atoms with E-state index in [9.17, 15) is 13.2 Å². The van der Waals surface area contributed by atoms with Gasteiger partial charge in [0.05, 0.1) is 26.4 Å². The predicted octanol–water partition coefficient (Wildman–Crippen LogP) is 4.92. The molecule has 0 atom stereocenters. The summed E-state index contributed by atoms with van der Waals surface area (Å²) in [6, 6.07) is 25.2. The van der Waals surface area contributed by atoms with Crippen LogP contribution in [0.25, 0.3) is 0 Å². The van der Waals surface area contributed by atoms with Crippen LogP contribution in [0.1, 0.15) is 27.9 Å². The Morgan fingerprint density at radius 1 is 0.844 bits per heavy atom. The number of hydrogen-bond donors (Lipinski definition) is 1. The van der Waals surface area contributed by atoms with Gasteiger partial charge in [0.25, 0.3) is 10.1 Å². The van der Waals surface area contributed by atoms with E-state index in [0.29, 0.717) is 28.6 Å². The lowest BCUT2D eigenvalue weighted by Gasteiger charge is -2.29. The molecular formula is C25H28NO4S2+. The number of rotatable bonds is 10. The van der Waals surface area contributed by atoms with Crippen LogP contribution >= 0.6 is 11.8 Å². The van der Waals surface area contributed by atoms with Crippen molar-refractivity contribution >= 4 is 27.7 Å². The first kappa shape index (κ1) is 24.2. The van der Waals surface area contributed by atoms with Gasteiger partial charge in [-0.3, -0.25) is 9.35 Å². The molecule has 32 heavy (non-hydrogen) atoms. The van der Waals surface area contributed by atoms with Gasteiger partial charge in [-0.05, 0) is 36.4 Å². The molecule has 0 aliphatic heterocycles. The lowest BCUT2D eigenvalue weighted by Crippen LogP contribution is -2.40. The minimum absolute atomic E-state index is 0.0174. The third-order valence-electron chi connectivity index (χ3n) is 5.09. The molecule has 7 heteroatoms. The van der Waals surface area contributed by atoms with Crippen LogP contribution in [-0.4, -0.2) is 49.6 Å². The highest BCUT2D eigenvalue weighted by molar-refractivity contribution is 7.99. The first-order valence-corrected chi connectivity index (χ1v) is 12.8. The molecule has 0 fully saturated rings. The summed E-state index contributed by atoms with van der Waals surface area (Å²) in [5.74, 6) is -0.191. The summed E-state index contributed by atoms with van der Waals surface area (Å²) >= 11 is 1.64. The number of quaternary nitrogens is 1. The van der Waals surface area contributed by atoms with E-state index >= 15 is 0 Å². The maximum atomic E-state index is 12.5. The molecule has 0 saturated heterocycles. The first-order chi connectivity index (χ1) is 15.1. The Bertz CT molecular complexity index is 1140. The molecule has 0 spiro atoms. The van der Waals surface area contributed by atoms with Gasteiger partial charge in [0.2, 0.25) is 0 Å². The van der Waals surface area contributed by atoms with E-state index in [2.05, 4.69) is 24.3 Å². The van der Waals surface area contributed by atoms with E-state index in [4.69, 9.17) is 4.55 Å². The van der Waals surface area contributed by atoms with Crippen molar-refractivity contribution < 1.29 is 22.2 Å². The zero-order chi connectivity index (χ0) is 23.2. The Kier molecular flexibility index (Phi) is 7.90. The number of benzene rings is 3. The first-order valence-electron chi connectivity index (χ1n) is 10.4. The Morgan fingerprint density at radius 3 is 1.94 bits per heavy atom. The second-order valence-electron chi connectivity index (χ2n) is 8.42. The summed E-state index contributed by atoms with van der Waals surface area (Å²) in [5.41, 5.74) is 2.52. The van der Waals surface area contributed by atoms with E-state index in [-0.39, 0.29) is 11.5 Å². The molecular weight excluding hydrogens is 442 g/mol. The van der Waals surface area contributed by atoms with Crippen molar-refractivity contribution in [2.75, 3.05) is 26.4 Å². The Labute approximate surface area is 194 Å². The van der Waals surface area contributed by atoms with Crippen molar-refractivity contribution in [1.82, 2.24) is 0 Å². The SMILES string of the molecule is C[N+](C)(CCCS(=O)(=O)O)Cc1ccc(Sc2ccc(C(=O)c3ccccc3)cc2)cc1. The maximum Gasteiger partial charge on any atom is 0.265 e. The largest absolute Gasteiger partial charge is 0.325 e. The smallest absolute Gasteiger partial charge is 0.265 e. The maximum absolute atomic E-state index is 12.5. The van der Waals surface area contributed by atoms with Crippen molar-refractivity contribution in [1.29, 1.82) is 0 Å². The second-order valence-corrected chi connectivity index (χ2v) is 11.1. The molecule has 0 aromatic heterocycles. The van der Waals surface area contributed by atoms with Crippen LogP contribution < -0.4 is 0 Å². The van der Waals surface area contributed by atoms with Crippen molar-refractivity contribution in [2.45, 2.75) is 22.8 Å². The monoisotopic (exact) mass is 470 g/mol. The standard InChI is InChI=1S/C25H27NO4S2/c1-26(2,17-6-18-32(28,29)30)19-20-9-13-23(14-10-20)31-24-15-11-22(12-16-24)25(27)21-7-4-3-5-8-21/h3-5,7-16H,6,17-19H2,1-2H3/p+1. The van der Waals surface area contributed by atoms with Gasteiger partial charge in [-0.1, -0.05) is 54.2 Å². The van der Waals surface area contributed by atoms with Crippen LogP contribution in [0, 0.1) is 0 Å². The number of carbonyl (C=O) groups excluding carboxylic acids is 1. The van der Waals surface area contributed by atoms with Crippen molar-refractivity contribution in [3.63, 3.8) is 0 Å². The van der Waals surface area contributed by atoms with Gasteiger partial charge in [0.15, 0.2) is 5.78 Å². The molecule has 3 aromatic carbocycles. The average Bonchev–Trinajstić information content (AvgIpc) is 2.74. The topological polar surface area (TPSA) is 71.4 Å². The van der Waals surface area contributed by atoms with Crippen molar-refractivity contribution in [2.24, 2.45) is 0 Å². The van der Waals surface area contributed by atoms with Gasteiger partial charge in [-0.2, -0.15) is 8.42 Å². The van der Waals surface area contributed by atoms with E-state index in [0.717, 1.165) is 21.9 Å². The van der Waals surface area contributed by atoms with Gasteiger partial charge in [-0.25, -0.2) is 0 Å². The minimum Gasteiger partial charge on any atom is -0.325 e. The van der Waals surface area contributed by atoms with E-state index in [1.54, 1.807) is 11.8 Å². The lowest BCUT2D eigenvalue weighted by molar-refractivity contribution is -0.903. The van der Waals surface area contributed by atoms with Crippen LogP contribution in [-0.2, 0) is 16.7 Å². The number of ketones is 1. The quantitative estimate of drug-likeness (QED) is 0.259. The summed E-state index contributed by atoms with van der Waals surface area (Å²) in [6.07, 6.45) is 0.419. The van der Waals surface area contributed by atoms with Crippen LogP contribution in [0.3, 0.4) is 0 Å². The number of hydrogen-bond acceptors (Lipinski definition) is 4. The molecule has 0 amide bonds. The van der Waals surface area contributed by atoms with Gasteiger partial charge in [-0.15, -0.1) is 0 Å². The molecule has 168 valence electrons. The predicted molar refractivity (Wildman–Crippen MR) is 129 cm³/mol. The number of nitrogens with zero attached hydrogens (tertiary/aromatic N) is 1. The molecule has 0 aliphatic carbocycles. The Balaban J connectivity index is 1.57. The normalized spacial score (nSPS) is 12.0. The van der Waals surface area contributed by atoms with Gasteiger partial charge in [0, 0.05) is 32.9 Å². The molecule has 3 aromatic rings. The van der Waals surface area contributed by atoms with Crippen LogP contribution in [0.4, 0.5) is 0 Å². The zero-order valence-corrected chi connectivity index (χ0v) is 19.9. The van der Waals surface area contributed by atoms with E-state index in [1.807, 2.05) is 68.7 Å². The molecule has 0 heterocycles. The van der Waals surface area contributed by atoms with E-state index in [1.165, 1.54) is 0 Å². The van der Waals surface area contributed by atoms with Crippen LogP contribution in [0.2, 0.25) is 0 Å². The Hall–Kier alpha value is -2.45. The minimum atomic E-state index is -3.91. The number of carbonyl (C=O) groups is 1. The summed E-state index contributed by atoms with van der Waals surface area (Å²) in [4.78, 5) is 14.7. The molecule has 0 bridgehead atoms. The van der Waals surface area contributed by atoms with Gasteiger partial charge < -0.3 is 4.48 Å². The highest BCUT2D eigenvalue weighted by Crippen LogP contribution is 2.28. The highest BCUT2D eigenvalue weighted by Gasteiger charge is 2.17. The molecule has 3 rings (SSSR count). The van der Waals surface area contributed by atoms with Gasteiger partial charge >= 0.3 is 0 Å². The highest BCUT2D eigenvalue weighted by atomic mass is 32.2. The zero-order valence-electron chi connectivity index (χ0n) is 18.3.